The summed E-state index contributed by atoms with van der Waals surface area (Å²) in [5.41, 5.74) is 6.08. The van der Waals surface area contributed by atoms with E-state index in [0.29, 0.717) is 11.7 Å². The first-order valence-electron chi connectivity index (χ1n) is 6.47. The number of carbonyl (C=O) groups is 1. The first kappa shape index (κ1) is 12.9. The second-order valence-electron chi connectivity index (χ2n) is 6.03. The first-order valence-corrected chi connectivity index (χ1v) is 6.47. The number of anilines is 1. The molecule has 1 fully saturated rings. The number of amides is 1. The van der Waals surface area contributed by atoms with Crippen LogP contribution in [0.2, 0.25) is 0 Å². The van der Waals surface area contributed by atoms with E-state index in [9.17, 15) is 4.79 Å². The van der Waals surface area contributed by atoms with Gasteiger partial charge in [-0.2, -0.15) is 5.10 Å². The van der Waals surface area contributed by atoms with Gasteiger partial charge in [0, 0.05) is 24.7 Å². The zero-order chi connectivity index (χ0) is 13.3. The molecule has 1 aromatic heterocycles. The fourth-order valence-corrected chi connectivity index (χ4v) is 2.36. The maximum atomic E-state index is 12.2. The number of carbonyl (C=O) groups excluding carboxylic acids is 1. The van der Waals surface area contributed by atoms with Crippen LogP contribution in [-0.2, 0) is 4.79 Å². The van der Waals surface area contributed by atoms with Gasteiger partial charge < -0.3 is 10.6 Å². The SMILES string of the molecule is CC(C)(C)C(=O)N1CCC(n2cc(N)cn2)CC1. The van der Waals surface area contributed by atoms with Crippen molar-refractivity contribution < 1.29 is 4.79 Å². The minimum atomic E-state index is -0.289. The molecule has 0 radical (unpaired) electrons. The number of rotatable bonds is 1. The molecule has 0 bridgehead atoms. The summed E-state index contributed by atoms with van der Waals surface area (Å²) in [6.45, 7) is 7.52. The molecule has 5 nitrogen and oxygen atoms in total. The normalized spacial score (nSPS) is 18.1. The molecule has 100 valence electrons. The highest BCUT2D eigenvalue weighted by Crippen LogP contribution is 2.26. The third kappa shape index (κ3) is 2.66. The Hall–Kier alpha value is -1.52. The van der Waals surface area contributed by atoms with E-state index in [1.165, 1.54) is 0 Å². The van der Waals surface area contributed by atoms with Gasteiger partial charge in [0.2, 0.25) is 5.91 Å². The second-order valence-corrected chi connectivity index (χ2v) is 6.03. The number of hydrogen-bond acceptors (Lipinski definition) is 3. The molecule has 18 heavy (non-hydrogen) atoms. The lowest BCUT2D eigenvalue weighted by atomic mass is 9.93. The van der Waals surface area contributed by atoms with Crippen LogP contribution in [-0.4, -0.2) is 33.7 Å². The highest BCUT2D eigenvalue weighted by Gasteiger charge is 2.30. The average molecular weight is 250 g/mol. The summed E-state index contributed by atoms with van der Waals surface area (Å²) in [6.07, 6.45) is 5.43. The summed E-state index contributed by atoms with van der Waals surface area (Å²) in [4.78, 5) is 14.1. The lowest BCUT2D eigenvalue weighted by molar-refractivity contribution is -0.140. The molecular weight excluding hydrogens is 228 g/mol. The Morgan fingerprint density at radius 2 is 2.00 bits per heavy atom. The lowest BCUT2D eigenvalue weighted by Crippen LogP contribution is -2.44. The maximum absolute atomic E-state index is 12.2. The molecule has 0 spiro atoms. The van der Waals surface area contributed by atoms with Gasteiger partial charge >= 0.3 is 0 Å². The van der Waals surface area contributed by atoms with Gasteiger partial charge in [-0.3, -0.25) is 9.48 Å². The van der Waals surface area contributed by atoms with Crippen LogP contribution in [0.1, 0.15) is 39.7 Å². The van der Waals surface area contributed by atoms with Crippen LogP contribution >= 0.6 is 0 Å². The van der Waals surface area contributed by atoms with E-state index < -0.39 is 0 Å². The second kappa shape index (κ2) is 4.63. The molecule has 5 heteroatoms. The topological polar surface area (TPSA) is 64.2 Å². The molecule has 1 amide bonds. The van der Waals surface area contributed by atoms with E-state index >= 15 is 0 Å². The van der Waals surface area contributed by atoms with Gasteiger partial charge in [0.25, 0.3) is 0 Å². The van der Waals surface area contributed by atoms with Crippen LogP contribution in [0, 0.1) is 5.41 Å². The number of aromatic nitrogens is 2. The van der Waals surface area contributed by atoms with E-state index in [2.05, 4.69) is 5.10 Å². The van der Waals surface area contributed by atoms with Crippen LogP contribution in [0.25, 0.3) is 0 Å². The molecule has 0 saturated carbocycles. The number of nitrogen functional groups attached to an aromatic ring is 1. The van der Waals surface area contributed by atoms with Crippen molar-refractivity contribution in [3.05, 3.63) is 12.4 Å². The monoisotopic (exact) mass is 250 g/mol. The molecule has 1 aliphatic heterocycles. The van der Waals surface area contributed by atoms with Crippen molar-refractivity contribution in [2.24, 2.45) is 5.41 Å². The molecule has 1 saturated heterocycles. The van der Waals surface area contributed by atoms with Crippen molar-refractivity contribution in [2.45, 2.75) is 39.7 Å². The molecule has 1 aliphatic rings. The minimum absolute atomic E-state index is 0.237. The van der Waals surface area contributed by atoms with Gasteiger partial charge in [0.1, 0.15) is 0 Å². The van der Waals surface area contributed by atoms with Gasteiger partial charge in [0.15, 0.2) is 0 Å². The number of piperidine rings is 1. The molecular formula is C13H22N4O. The van der Waals surface area contributed by atoms with Crippen molar-refractivity contribution >= 4 is 11.6 Å². The largest absolute Gasteiger partial charge is 0.396 e. The molecule has 0 unspecified atom stereocenters. The van der Waals surface area contributed by atoms with Gasteiger partial charge in [-0.25, -0.2) is 0 Å². The Morgan fingerprint density at radius 1 is 1.39 bits per heavy atom. The van der Waals surface area contributed by atoms with Gasteiger partial charge in [-0.15, -0.1) is 0 Å². The van der Waals surface area contributed by atoms with Crippen molar-refractivity contribution in [1.29, 1.82) is 0 Å². The number of hydrogen-bond donors (Lipinski definition) is 1. The van der Waals surface area contributed by atoms with E-state index in [1.807, 2.05) is 36.5 Å². The Labute approximate surface area is 108 Å². The van der Waals surface area contributed by atoms with Crippen molar-refractivity contribution in [2.75, 3.05) is 18.8 Å². The maximum Gasteiger partial charge on any atom is 0.227 e. The molecule has 0 atom stereocenters. The van der Waals surface area contributed by atoms with Crippen LogP contribution in [0.15, 0.2) is 12.4 Å². The van der Waals surface area contributed by atoms with Crippen LogP contribution in [0.5, 0.6) is 0 Å². The smallest absolute Gasteiger partial charge is 0.227 e. The average Bonchev–Trinajstić information content (AvgIpc) is 2.74. The van der Waals surface area contributed by atoms with Gasteiger partial charge in [-0.1, -0.05) is 20.8 Å². The number of nitrogens with zero attached hydrogens (tertiary/aromatic N) is 3. The Balaban J connectivity index is 1.94. The lowest BCUT2D eigenvalue weighted by Gasteiger charge is -2.35. The summed E-state index contributed by atoms with van der Waals surface area (Å²) < 4.78 is 1.92. The number of nitrogens with two attached hydrogens (primary N) is 1. The highest BCUT2D eigenvalue weighted by atomic mass is 16.2. The zero-order valence-electron chi connectivity index (χ0n) is 11.4. The standard InChI is InChI=1S/C13H22N4O/c1-13(2,3)12(18)16-6-4-11(5-7-16)17-9-10(14)8-15-17/h8-9,11H,4-7,14H2,1-3H3. The summed E-state index contributed by atoms with van der Waals surface area (Å²) >= 11 is 0. The Kier molecular flexibility index (Phi) is 3.32. The predicted octanol–water partition coefficient (Wildman–Crippen LogP) is 1.67. The molecule has 0 aliphatic carbocycles. The van der Waals surface area contributed by atoms with Crippen molar-refractivity contribution in [3.8, 4) is 0 Å². The Morgan fingerprint density at radius 3 is 2.44 bits per heavy atom. The third-order valence-electron chi connectivity index (χ3n) is 3.39. The fraction of sp³-hybridized carbons (Fsp3) is 0.692. The minimum Gasteiger partial charge on any atom is -0.396 e. The molecule has 2 rings (SSSR count). The molecule has 1 aromatic rings. The van der Waals surface area contributed by atoms with E-state index in [1.54, 1.807) is 6.20 Å². The third-order valence-corrected chi connectivity index (χ3v) is 3.39. The van der Waals surface area contributed by atoms with Crippen molar-refractivity contribution in [1.82, 2.24) is 14.7 Å². The van der Waals surface area contributed by atoms with Gasteiger partial charge in [-0.05, 0) is 12.8 Å². The van der Waals surface area contributed by atoms with E-state index in [0.717, 1.165) is 25.9 Å². The van der Waals surface area contributed by atoms with Crippen LogP contribution in [0.4, 0.5) is 5.69 Å². The molecule has 0 aromatic carbocycles. The molecule has 2 N–H and O–H groups in total. The van der Waals surface area contributed by atoms with E-state index in [4.69, 9.17) is 5.73 Å². The highest BCUT2D eigenvalue weighted by molar-refractivity contribution is 5.81. The summed E-state index contributed by atoms with van der Waals surface area (Å²) in [5, 5.41) is 4.25. The summed E-state index contributed by atoms with van der Waals surface area (Å²) in [6, 6.07) is 0.367. The Bertz CT molecular complexity index is 424. The quantitative estimate of drug-likeness (QED) is 0.824. The number of likely N-dealkylation sites (tertiary alicyclic amines) is 1. The predicted molar refractivity (Wildman–Crippen MR) is 70.9 cm³/mol. The summed E-state index contributed by atoms with van der Waals surface area (Å²) in [5.74, 6) is 0.237. The fourth-order valence-electron chi connectivity index (χ4n) is 2.36. The zero-order valence-corrected chi connectivity index (χ0v) is 11.4. The van der Waals surface area contributed by atoms with E-state index in [-0.39, 0.29) is 11.3 Å². The summed E-state index contributed by atoms with van der Waals surface area (Å²) in [7, 11) is 0. The van der Waals surface area contributed by atoms with Crippen LogP contribution in [0.3, 0.4) is 0 Å². The molecule has 2 heterocycles. The van der Waals surface area contributed by atoms with Crippen LogP contribution < -0.4 is 5.73 Å². The first-order chi connectivity index (χ1) is 8.38. The van der Waals surface area contributed by atoms with Crippen molar-refractivity contribution in [3.63, 3.8) is 0 Å². The van der Waals surface area contributed by atoms with Gasteiger partial charge in [0.05, 0.1) is 17.9 Å².